The molecule has 9 heteroatoms. The number of carbonyl (C=O) groups excluding carboxylic acids is 2. The van der Waals surface area contributed by atoms with Gasteiger partial charge in [0.1, 0.15) is 17.8 Å². The Bertz CT molecular complexity index is 891. The zero-order chi connectivity index (χ0) is 22.4. The van der Waals surface area contributed by atoms with Crippen molar-refractivity contribution in [3.05, 3.63) is 47.5 Å². The lowest BCUT2D eigenvalue weighted by Crippen LogP contribution is -2.51. The molecule has 0 bridgehead atoms. The van der Waals surface area contributed by atoms with Gasteiger partial charge in [0.25, 0.3) is 0 Å². The summed E-state index contributed by atoms with van der Waals surface area (Å²) < 4.78 is 13.0. The van der Waals surface area contributed by atoms with Crippen LogP contribution in [0.3, 0.4) is 0 Å². The molecule has 0 saturated carbocycles. The van der Waals surface area contributed by atoms with Gasteiger partial charge in [-0.1, -0.05) is 30.3 Å². The van der Waals surface area contributed by atoms with Gasteiger partial charge in [-0.15, -0.1) is 10.2 Å². The SMILES string of the molecule is CCOC(=O)C1CCCn2c1nnc2[C@@H](COCc1ccccc1)NC(=O)C(C)(C)N. The van der Waals surface area contributed by atoms with Crippen LogP contribution >= 0.6 is 0 Å². The molecule has 0 radical (unpaired) electrons. The van der Waals surface area contributed by atoms with Crippen molar-refractivity contribution in [2.75, 3.05) is 13.2 Å². The summed E-state index contributed by atoms with van der Waals surface area (Å²) in [6, 6.07) is 9.22. The lowest BCUT2D eigenvalue weighted by Gasteiger charge is -2.27. The van der Waals surface area contributed by atoms with E-state index in [1.807, 2.05) is 34.9 Å². The van der Waals surface area contributed by atoms with Crippen molar-refractivity contribution in [1.82, 2.24) is 20.1 Å². The summed E-state index contributed by atoms with van der Waals surface area (Å²) in [5, 5.41) is 11.5. The highest BCUT2D eigenvalue weighted by molar-refractivity contribution is 5.85. The van der Waals surface area contributed by atoms with E-state index >= 15 is 0 Å². The molecule has 0 aliphatic carbocycles. The monoisotopic (exact) mass is 429 g/mol. The predicted molar refractivity (Wildman–Crippen MR) is 114 cm³/mol. The molecule has 9 nitrogen and oxygen atoms in total. The number of esters is 1. The molecule has 1 unspecified atom stereocenters. The van der Waals surface area contributed by atoms with Crippen LogP contribution in [0.2, 0.25) is 0 Å². The number of nitrogens with one attached hydrogen (secondary N) is 1. The van der Waals surface area contributed by atoms with Gasteiger partial charge in [-0.05, 0) is 39.2 Å². The van der Waals surface area contributed by atoms with Gasteiger partial charge in [-0.2, -0.15) is 0 Å². The highest BCUT2D eigenvalue weighted by Crippen LogP contribution is 2.29. The molecule has 1 aliphatic rings. The van der Waals surface area contributed by atoms with Gasteiger partial charge in [0.2, 0.25) is 5.91 Å². The number of nitrogens with two attached hydrogens (primary N) is 1. The number of nitrogens with zero attached hydrogens (tertiary/aromatic N) is 3. The normalized spacial score (nSPS) is 17.0. The van der Waals surface area contributed by atoms with Crippen molar-refractivity contribution in [1.29, 1.82) is 0 Å². The summed E-state index contributed by atoms with van der Waals surface area (Å²) >= 11 is 0. The third-order valence-electron chi connectivity index (χ3n) is 5.16. The van der Waals surface area contributed by atoms with Crippen LogP contribution in [0.1, 0.15) is 62.8 Å². The van der Waals surface area contributed by atoms with Crippen LogP contribution in [-0.2, 0) is 32.2 Å². The van der Waals surface area contributed by atoms with Crippen molar-refractivity contribution in [2.24, 2.45) is 5.73 Å². The van der Waals surface area contributed by atoms with Crippen LogP contribution in [0, 0.1) is 0 Å². The molecule has 1 aromatic carbocycles. The minimum Gasteiger partial charge on any atom is -0.465 e. The summed E-state index contributed by atoms with van der Waals surface area (Å²) in [5.41, 5.74) is 5.94. The second-order valence-corrected chi connectivity index (χ2v) is 8.26. The molecule has 1 aromatic heterocycles. The van der Waals surface area contributed by atoms with E-state index in [9.17, 15) is 9.59 Å². The van der Waals surface area contributed by atoms with Crippen LogP contribution < -0.4 is 11.1 Å². The molecule has 0 saturated heterocycles. The lowest BCUT2D eigenvalue weighted by molar-refractivity contribution is -0.145. The number of benzene rings is 1. The summed E-state index contributed by atoms with van der Waals surface area (Å²) in [4.78, 5) is 25.0. The van der Waals surface area contributed by atoms with Crippen LogP contribution in [0.5, 0.6) is 0 Å². The average Bonchev–Trinajstić information content (AvgIpc) is 3.17. The molecule has 2 aromatic rings. The van der Waals surface area contributed by atoms with Gasteiger partial charge in [0, 0.05) is 6.54 Å². The minimum absolute atomic E-state index is 0.193. The van der Waals surface area contributed by atoms with Crippen LogP contribution in [-0.4, -0.2) is 45.4 Å². The number of fused-ring (bicyclic) bond motifs is 1. The van der Waals surface area contributed by atoms with Gasteiger partial charge in [0.15, 0.2) is 5.82 Å². The summed E-state index contributed by atoms with van der Waals surface area (Å²) in [7, 11) is 0. The molecule has 3 rings (SSSR count). The topological polar surface area (TPSA) is 121 Å². The molecule has 1 amide bonds. The fourth-order valence-corrected chi connectivity index (χ4v) is 3.52. The first-order valence-electron chi connectivity index (χ1n) is 10.6. The van der Waals surface area contributed by atoms with Gasteiger partial charge < -0.3 is 25.1 Å². The fraction of sp³-hybridized carbons (Fsp3) is 0.545. The highest BCUT2D eigenvalue weighted by Gasteiger charge is 2.35. The van der Waals surface area contributed by atoms with Crippen molar-refractivity contribution in [3.63, 3.8) is 0 Å². The number of hydrogen-bond acceptors (Lipinski definition) is 7. The largest absolute Gasteiger partial charge is 0.465 e. The van der Waals surface area contributed by atoms with E-state index in [0.717, 1.165) is 12.0 Å². The average molecular weight is 430 g/mol. The Morgan fingerprint density at radius 3 is 2.71 bits per heavy atom. The predicted octanol–water partition coefficient (Wildman–Crippen LogP) is 1.83. The van der Waals surface area contributed by atoms with Gasteiger partial charge in [0.05, 0.1) is 25.4 Å². The van der Waals surface area contributed by atoms with Gasteiger partial charge >= 0.3 is 5.97 Å². The minimum atomic E-state index is -1.06. The molecule has 168 valence electrons. The standard InChI is InChI=1S/C22H31N5O4/c1-4-31-20(28)16-11-8-12-27-18(16)25-26-19(27)17(24-21(29)22(2,3)23)14-30-13-15-9-6-5-7-10-15/h5-7,9-10,16-17H,4,8,11-14,23H2,1-3H3,(H,24,29)/t16?,17-/m1/s1. The van der Waals surface area contributed by atoms with Crippen molar-refractivity contribution >= 4 is 11.9 Å². The third-order valence-corrected chi connectivity index (χ3v) is 5.16. The smallest absolute Gasteiger partial charge is 0.316 e. The zero-order valence-corrected chi connectivity index (χ0v) is 18.3. The quantitative estimate of drug-likeness (QED) is 0.583. The zero-order valence-electron chi connectivity index (χ0n) is 18.3. The third kappa shape index (κ3) is 5.68. The van der Waals surface area contributed by atoms with E-state index in [4.69, 9.17) is 15.2 Å². The molecule has 0 spiro atoms. The number of rotatable bonds is 9. The molecular weight excluding hydrogens is 398 g/mol. The maximum absolute atomic E-state index is 12.6. The Labute approximate surface area is 182 Å². The molecule has 1 aliphatic heterocycles. The Morgan fingerprint density at radius 2 is 2.03 bits per heavy atom. The Hall–Kier alpha value is -2.78. The van der Waals surface area contributed by atoms with Crippen LogP contribution in [0.15, 0.2) is 30.3 Å². The summed E-state index contributed by atoms with van der Waals surface area (Å²) in [5.74, 6) is 0.0356. The van der Waals surface area contributed by atoms with Crippen LogP contribution in [0.4, 0.5) is 0 Å². The van der Waals surface area contributed by atoms with Crippen molar-refractivity contribution < 1.29 is 19.1 Å². The highest BCUT2D eigenvalue weighted by atomic mass is 16.5. The van der Waals surface area contributed by atoms with Gasteiger partial charge in [-0.3, -0.25) is 9.59 Å². The first kappa shape index (κ1) is 22.9. The number of aromatic nitrogens is 3. The Morgan fingerprint density at radius 1 is 1.29 bits per heavy atom. The number of carbonyl (C=O) groups is 2. The van der Waals surface area contributed by atoms with E-state index < -0.39 is 17.5 Å². The lowest BCUT2D eigenvalue weighted by atomic mass is 9.98. The van der Waals surface area contributed by atoms with E-state index in [0.29, 0.717) is 37.8 Å². The summed E-state index contributed by atoms with van der Waals surface area (Å²) in [6.45, 7) is 6.62. The first-order valence-corrected chi connectivity index (χ1v) is 10.6. The Kier molecular flexibility index (Phi) is 7.40. The fourth-order valence-electron chi connectivity index (χ4n) is 3.52. The van der Waals surface area contributed by atoms with Crippen LogP contribution in [0.25, 0.3) is 0 Å². The summed E-state index contributed by atoms with van der Waals surface area (Å²) in [6.07, 6.45) is 1.45. The molecule has 0 fully saturated rings. The second kappa shape index (κ2) is 10.0. The second-order valence-electron chi connectivity index (χ2n) is 8.26. The van der Waals surface area contributed by atoms with Gasteiger partial charge in [-0.25, -0.2) is 0 Å². The first-order chi connectivity index (χ1) is 14.8. The van der Waals surface area contributed by atoms with E-state index in [2.05, 4.69) is 15.5 Å². The molecule has 2 heterocycles. The number of ether oxygens (including phenoxy) is 2. The molecular formula is C22H31N5O4. The molecule has 2 atom stereocenters. The molecule has 3 N–H and O–H groups in total. The van der Waals surface area contributed by atoms with E-state index in [1.165, 1.54) is 0 Å². The Balaban J connectivity index is 1.81. The number of hydrogen-bond donors (Lipinski definition) is 2. The van der Waals surface area contributed by atoms with Crippen molar-refractivity contribution in [2.45, 2.75) is 64.3 Å². The van der Waals surface area contributed by atoms with E-state index in [1.54, 1.807) is 20.8 Å². The molecule has 31 heavy (non-hydrogen) atoms. The van der Waals surface area contributed by atoms with E-state index in [-0.39, 0.29) is 18.5 Å². The maximum atomic E-state index is 12.6. The maximum Gasteiger partial charge on any atom is 0.316 e. The number of amides is 1. The van der Waals surface area contributed by atoms with Crippen molar-refractivity contribution in [3.8, 4) is 0 Å².